The fourth-order valence-electron chi connectivity index (χ4n) is 2.37. The molecule has 1 aliphatic rings. The second-order valence-corrected chi connectivity index (χ2v) is 4.32. The van der Waals surface area contributed by atoms with Crippen LogP contribution in [0.25, 0.3) is 0 Å². The van der Waals surface area contributed by atoms with E-state index in [4.69, 9.17) is 0 Å². The molecule has 5 nitrogen and oxygen atoms in total. The van der Waals surface area contributed by atoms with Crippen LogP contribution >= 0.6 is 0 Å². The van der Waals surface area contributed by atoms with Crippen LogP contribution in [0.2, 0.25) is 0 Å². The van der Waals surface area contributed by atoms with E-state index in [1.807, 2.05) is 0 Å². The number of aromatic nitrogens is 1. The van der Waals surface area contributed by atoms with Crippen molar-refractivity contribution in [1.82, 2.24) is 4.98 Å². The Kier molecular flexibility index (Phi) is 3.46. The van der Waals surface area contributed by atoms with Crippen LogP contribution in [0.15, 0.2) is 24.4 Å². The number of nitrogens with zero attached hydrogens (tertiary/aromatic N) is 2. The number of carbonyl (C=O) groups excluding carboxylic acids is 1. The lowest BCUT2D eigenvalue weighted by Gasteiger charge is -2.23. The Balaban J connectivity index is 2.20. The van der Waals surface area contributed by atoms with E-state index in [0.717, 1.165) is 12.8 Å². The summed E-state index contributed by atoms with van der Waals surface area (Å²) in [5.74, 6) is -0.694. The summed E-state index contributed by atoms with van der Waals surface area (Å²) in [6.07, 6.45) is 4.35. The summed E-state index contributed by atoms with van der Waals surface area (Å²) in [5, 5.41) is 10.9. The molecule has 0 aliphatic heterocycles. The van der Waals surface area contributed by atoms with Crippen LogP contribution in [0.3, 0.4) is 0 Å². The molecule has 1 aromatic heterocycles. The summed E-state index contributed by atoms with van der Waals surface area (Å²) in [7, 11) is 0. The third-order valence-corrected chi connectivity index (χ3v) is 3.25. The van der Waals surface area contributed by atoms with E-state index in [1.165, 1.54) is 6.20 Å². The van der Waals surface area contributed by atoms with Gasteiger partial charge in [0, 0.05) is 17.5 Å². The lowest BCUT2D eigenvalue weighted by molar-refractivity contribution is -0.532. The van der Waals surface area contributed by atoms with E-state index in [2.05, 4.69) is 4.98 Å². The highest BCUT2D eigenvalue weighted by atomic mass is 16.6. The minimum Gasteiger partial charge on any atom is -0.292 e. The molecule has 5 heteroatoms. The van der Waals surface area contributed by atoms with Gasteiger partial charge in [-0.15, -0.1) is 0 Å². The van der Waals surface area contributed by atoms with Crippen molar-refractivity contribution in [2.24, 2.45) is 5.92 Å². The topological polar surface area (TPSA) is 73.1 Å². The highest BCUT2D eigenvalue weighted by molar-refractivity contribution is 5.96. The molecule has 2 rings (SSSR count). The van der Waals surface area contributed by atoms with E-state index in [9.17, 15) is 14.9 Å². The molecule has 0 amide bonds. The number of hydrogen-bond acceptors (Lipinski definition) is 4. The van der Waals surface area contributed by atoms with Crippen molar-refractivity contribution < 1.29 is 9.72 Å². The molecule has 0 radical (unpaired) electrons. The second-order valence-electron chi connectivity index (χ2n) is 4.32. The summed E-state index contributed by atoms with van der Waals surface area (Å²) in [4.78, 5) is 26.7. The molecule has 0 bridgehead atoms. The van der Waals surface area contributed by atoms with Gasteiger partial charge < -0.3 is 0 Å². The largest absolute Gasteiger partial charge is 0.292 e. The molecule has 0 spiro atoms. The minimum absolute atomic E-state index is 0.188. The fourth-order valence-corrected chi connectivity index (χ4v) is 2.37. The van der Waals surface area contributed by atoms with E-state index in [-0.39, 0.29) is 10.7 Å². The molecule has 1 fully saturated rings. The predicted molar refractivity (Wildman–Crippen MR) is 61.3 cm³/mol. The quantitative estimate of drug-likeness (QED) is 0.456. The summed E-state index contributed by atoms with van der Waals surface area (Å²) in [6, 6.07) is 4.33. The molecule has 1 heterocycles. The number of Topliss-reactive ketones (excluding diaryl/α,β-unsaturated/α-hetero) is 1. The lowest BCUT2D eigenvalue weighted by Crippen LogP contribution is -2.37. The monoisotopic (exact) mass is 234 g/mol. The van der Waals surface area contributed by atoms with Crippen molar-refractivity contribution in [2.45, 2.75) is 31.7 Å². The zero-order valence-electron chi connectivity index (χ0n) is 9.41. The second kappa shape index (κ2) is 5.03. The maximum Gasteiger partial charge on any atom is 0.223 e. The Morgan fingerprint density at radius 1 is 1.35 bits per heavy atom. The van der Waals surface area contributed by atoms with Crippen molar-refractivity contribution >= 4 is 5.78 Å². The molecule has 0 aromatic carbocycles. The third kappa shape index (κ3) is 2.49. The predicted octanol–water partition coefficient (Wildman–Crippen LogP) is 2.10. The minimum atomic E-state index is -0.738. The van der Waals surface area contributed by atoms with E-state index < -0.39 is 12.0 Å². The fraction of sp³-hybridized carbons (Fsp3) is 0.500. The zero-order valence-corrected chi connectivity index (χ0v) is 9.41. The summed E-state index contributed by atoms with van der Waals surface area (Å²) < 4.78 is 0. The highest BCUT2D eigenvalue weighted by Crippen LogP contribution is 2.28. The van der Waals surface area contributed by atoms with Gasteiger partial charge in [0.2, 0.25) is 6.04 Å². The number of rotatable bonds is 3. The summed E-state index contributed by atoms with van der Waals surface area (Å²) in [5.41, 5.74) is 0.339. The molecular weight excluding hydrogens is 220 g/mol. The molecular formula is C12H14N2O3. The Morgan fingerprint density at radius 2 is 2.12 bits per heavy atom. The van der Waals surface area contributed by atoms with Crippen molar-refractivity contribution in [1.29, 1.82) is 0 Å². The van der Waals surface area contributed by atoms with Gasteiger partial charge in [-0.3, -0.25) is 19.9 Å². The van der Waals surface area contributed by atoms with Gasteiger partial charge in [-0.1, -0.05) is 12.5 Å². The maximum absolute atomic E-state index is 12.1. The van der Waals surface area contributed by atoms with Gasteiger partial charge in [0.25, 0.3) is 0 Å². The lowest BCUT2D eigenvalue weighted by atomic mass is 9.81. The Labute approximate surface area is 99.0 Å². The first kappa shape index (κ1) is 11.7. The van der Waals surface area contributed by atoms with Gasteiger partial charge in [0.15, 0.2) is 5.78 Å². The molecule has 1 aliphatic carbocycles. The van der Waals surface area contributed by atoms with Gasteiger partial charge in [0.1, 0.15) is 5.69 Å². The Hall–Kier alpha value is -1.78. The van der Waals surface area contributed by atoms with Crippen molar-refractivity contribution in [2.75, 3.05) is 0 Å². The van der Waals surface area contributed by atoms with Gasteiger partial charge in [-0.25, -0.2) is 0 Å². The molecule has 17 heavy (non-hydrogen) atoms. The van der Waals surface area contributed by atoms with Crippen LogP contribution in [0.4, 0.5) is 0 Å². The number of hydrogen-bond donors (Lipinski definition) is 0. The Morgan fingerprint density at radius 3 is 2.76 bits per heavy atom. The van der Waals surface area contributed by atoms with Gasteiger partial charge in [-0.2, -0.15) is 0 Å². The Bertz CT molecular complexity index is 419. The number of pyridine rings is 1. The third-order valence-electron chi connectivity index (χ3n) is 3.25. The summed E-state index contributed by atoms with van der Waals surface area (Å²) in [6.45, 7) is 0. The van der Waals surface area contributed by atoms with Crippen molar-refractivity contribution in [3.05, 3.63) is 40.2 Å². The molecule has 90 valence electrons. The van der Waals surface area contributed by atoms with E-state index >= 15 is 0 Å². The van der Waals surface area contributed by atoms with E-state index in [1.54, 1.807) is 18.2 Å². The average molecular weight is 234 g/mol. The molecule has 1 unspecified atom stereocenters. The smallest absolute Gasteiger partial charge is 0.223 e. The normalized spacial score (nSPS) is 24.2. The van der Waals surface area contributed by atoms with Gasteiger partial charge in [-0.05, 0) is 25.0 Å². The molecule has 0 N–H and O–H groups in total. The van der Waals surface area contributed by atoms with Crippen LogP contribution in [-0.2, 0) is 0 Å². The molecule has 0 saturated heterocycles. The standard InChI is InChI=1S/C12H14N2O3/c15-12(10-6-3-4-8-13-10)9-5-1-2-7-11(9)14(16)17/h3-4,6,8-9,11H,1-2,5,7H2/t9-,11?/m0/s1. The number of nitro groups is 1. The van der Waals surface area contributed by atoms with Crippen LogP contribution in [0.1, 0.15) is 36.2 Å². The number of carbonyl (C=O) groups is 1. The van der Waals surface area contributed by atoms with Crippen LogP contribution in [-0.4, -0.2) is 21.7 Å². The maximum atomic E-state index is 12.1. The van der Waals surface area contributed by atoms with Crippen molar-refractivity contribution in [3.63, 3.8) is 0 Å². The van der Waals surface area contributed by atoms with Crippen LogP contribution in [0, 0.1) is 16.0 Å². The molecule has 1 aromatic rings. The first-order chi connectivity index (χ1) is 8.20. The highest BCUT2D eigenvalue weighted by Gasteiger charge is 2.39. The van der Waals surface area contributed by atoms with E-state index in [0.29, 0.717) is 18.5 Å². The van der Waals surface area contributed by atoms with Crippen LogP contribution in [0.5, 0.6) is 0 Å². The SMILES string of the molecule is O=C(c1ccccn1)[C@H]1CCCCC1[N+](=O)[O-]. The average Bonchev–Trinajstić information content (AvgIpc) is 2.39. The zero-order chi connectivity index (χ0) is 12.3. The van der Waals surface area contributed by atoms with Crippen molar-refractivity contribution in [3.8, 4) is 0 Å². The number of ketones is 1. The molecule has 1 saturated carbocycles. The van der Waals surface area contributed by atoms with Gasteiger partial charge >= 0.3 is 0 Å². The molecule has 2 atom stereocenters. The first-order valence-corrected chi connectivity index (χ1v) is 5.79. The first-order valence-electron chi connectivity index (χ1n) is 5.79. The van der Waals surface area contributed by atoms with Crippen LogP contribution < -0.4 is 0 Å². The van der Waals surface area contributed by atoms with Gasteiger partial charge in [0.05, 0.1) is 5.92 Å². The summed E-state index contributed by atoms with van der Waals surface area (Å²) >= 11 is 0.